The smallest absolute Gasteiger partial charge is 0.400 e. The van der Waals surface area contributed by atoms with Crippen molar-refractivity contribution in [3.8, 4) is 11.1 Å². The zero-order chi connectivity index (χ0) is 18.8. The highest BCUT2D eigenvalue weighted by atomic mass is 16.7. The SMILES string of the molecule is CNCC(=Cc1ccccc1-c1ccccc1)B1OC(C)(C)C(C)(C)O1. The summed E-state index contributed by atoms with van der Waals surface area (Å²) in [5, 5.41) is 3.25. The van der Waals surface area contributed by atoms with E-state index in [9.17, 15) is 0 Å². The highest BCUT2D eigenvalue weighted by Gasteiger charge is 2.52. The molecule has 1 saturated heterocycles. The molecule has 4 heteroatoms. The normalized spacial score (nSPS) is 19.0. The van der Waals surface area contributed by atoms with Crippen LogP contribution in [0, 0.1) is 0 Å². The number of hydrogen-bond acceptors (Lipinski definition) is 3. The van der Waals surface area contributed by atoms with Crippen LogP contribution in [0.15, 0.2) is 60.1 Å². The van der Waals surface area contributed by atoms with Crippen molar-refractivity contribution in [2.45, 2.75) is 38.9 Å². The molecular weight excluding hydrogens is 321 g/mol. The van der Waals surface area contributed by atoms with Crippen molar-refractivity contribution in [1.82, 2.24) is 5.32 Å². The Bertz CT molecular complexity index is 768. The molecule has 0 aromatic heterocycles. The molecule has 1 fully saturated rings. The first kappa shape index (κ1) is 18.9. The van der Waals surface area contributed by atoms with Crippen molar-refractivity contribution >= 4 is 13.2 Å². The number of rotatable bonds is 5. The molecule has 1 N–H and O–H groups in total. The van der Waals surface area contributed by atoms with Gasteiger partial charge in [0.05, 0.1) is 11.2 Å². The minimum atomic E-state index is -0.351. The van der Waals surface area contributed by atoms with E-state index in [0.29, 0.717) is 6.54 Å². The molecule has 0 aliphatic carbocycles. The van der Waals surface area contributed by atoms with Crippen LogP contribution in [0.25, 0.3) is 17.2 Å². The number of nitrogens with one attached hydrogen (secondary N) is 1. The molecule has 0 spiro atoms. The summed E-state index contributed by atoms with van der Waals surface area (Å²) in [6, 6.07) is 18.9. The molecule has 1 heterocycles. The molecule has 1 aliphatic rings. The molecule has 0 amide bonds. The fraction of sp³-hybridized carbons (Fsp3) is 0.364. The van der Waals surface area contributed by atoms with Crippen LogP contribution in [0.4, 0.5) is 0 Å². The van der Waals surface area contributed by atoms with E-state index in [1.54, 1.807) is 0 Å². The lowest BCUT2D eigenvalue weighted by atomic mass is 9.76. The molecule has 0 atom stereocenters. The van der Waals surface area contributed by atoms with Gasteiger partial charge in [0.2, 0.25) is 0 Å². The van der Waals surface area contributed by atoms with Gasteiger partial charge in [0.15, 0.2) is 0 Å². The summed E-state index contributed by atoms with van der Waals surface area (Å²) in [6.45, 7) is 9.05. The maximum absolute atomic E-state index is 6.27. The molecule has 26 heavy (non-hydrogen) atoms. The fourth-order valence-electron chi connectivity index (χ4n) is 3.10. The minimum Gasteiger partial charge on any atom is -0.400 e. The molecule has 2 aromatic rings. The zero-order valence-electron chi connectivity index (χ0n) is 16.4. The monoisotopic (exact) mass is 349 g/mol. The van der Waals surface area contributed by atoms with E-state index in [-0.39, 0.29) is 18.3 Å². The van der Waals surface area contributed by atoms with E-state index in [0.717, 1.165) is 5.47 Å². The molecule has 3 nitrogen and oxygen atoms in total. The second kappa shape index (κ2) is 7.39. The van der Waals surface area contributed by atoms with E-state index in [1.165, 1.54) is 16.7 Å². The summed E-state index contributed by atoms with van der Waals surface area (Å²) in [5.74, 6) is 0. The van der Waals surface area contributed by atoms with Crippen LogP contribution in [0.2, 0.25) is 0 Å². The van der Waals surface area contributed by atoms with Gasteiger partial charge in [0.25, 0.3) is 0 Å². The van der Waals surface area contributed by atoms with E-state index in [1.807, 2.05) is 13.1 Å². The summed E-state index contributed by atoms with van der Waals surface area (Å²) in [7, 11) is 1.60. The van der Waals surface area contributed by atoms with Gasteiger partial charge in [0, 0.05) is 6.54 Å². The molecule has 0 radical (unpaired) electrons. The Balaban J connectivity index is 1.99. The second-order valence-corrected chi connectivity index (χ2v) is 7.79. The van der Waals surface area contributed by atoms with Crippen molar-refractivity contribution in [2.75, 3.05) is 13.6 Å². The van der Waals surface area contributed by atoms with E-state index < -0.39 is 0 Å². The molecule has 0 unspecified atom stereocenters. The topological polar surface area (TPSA) is 30.5 Å². The highest BCUT2D eigenvalue weighted by Crippen LogP contribution is 2.39. The summed E-state index contributed by atoms with van der Waals surface area (Å²) in [4.78, 5) is 0. The van der Waals surface area contributed by atoms with Gasteiger partial charge in [-0.05, 0) is 56.9 Å². The third-order valence-corrected chi connectivity index (χ3v) is 5.32. The minimum absolute atomic E-state index is 0.344. The molecule has 1 aliphatic heterocycles. The number of likely N-dealkylation sites (N-methyl/N-ethyl adjacent to an activating group) is 1. The predicted octanol–water partition coefficient (Wildman–Crippen LogP) is 4.59. The van der Waals surface area contributed by atoms with Gasteiger partial charge >= 0.3 is 7.12 Å². The molecule has 0 saturated carbocycles. The van der Waals surface area contributed by atoms with Crippen molar-refractivity contribution in [1.29, 1.82) is 0 Å². The summed E-state index contributed by atoms with van der Waals surface area (Å²) in [6.07, 6.45) is 2.20. The zero-order valence-corrected chi connectivity index (χ0v) is 16.4. The molecule has 0 bridgehead atoms. The van der Waals surface area contributed by atoms with Crippen LogP contribution in [0.5, 0.6) is 0 Å². The Kier molecular flexibility index (Phi) is 5.38. The first-order chi connectivity index (χ1) is 12.3. The van der Waals surface area contributed by atoms with Gasteiger partial charge in [-0.25, -0.2) is 0 Å². The van der Waals surface area contributed by atoms with Crippen molar-refractivity contribution < 1.29 is 9.31 Å². The summed E-state index contributed by atoms with van der Waals surface area (Å²) < 4.78 is 12.5. The number of benzene rings is 2. The Morgan fingerprint density at radius 1 is 0.923 bits per heavy atom. The molecule has 3 rings (SSSR count). The van der Waals surface area contributed by atoms with E-state index in [2.05, 4.69) is 87.6 Å². The Hall–Kier alpha value is -1.88. The summed E-state index contributed by atoms with van der Waals surface area (Å²) in [5.41, 5.74) is 3.98. The second-order valence-electron chi connectivity index (χ2n) is 7.79. The van der Waals surface area contributed by atoms with Crippen LogP contribution in [-0.4, -0.2) is 31.9 Å². The Morgan fingerprint density at radius 3 is 2.12 bits per heavy atom. The van der Waals surface area contributed by atoms with E-state index >= 15 is 0 Å². The lowest BCUT2D eigenvalue weighted by molar-refractivity contribution is 0.00578. The van der Waals surface area contributed by atoms with Gasteiger partial charge in [-0.3, -0.25) is 0 Å². The van der Waals surface area contributed by atoms with E-state index in [4.69, 9.17) is 9.31 Å². The third kappa shape index (κ3) is 3.78. The largest absolute Gasteiger partial charge is 0.491 e. The van der Waals surface area contributed by atoms with Gasteiger partial charge in [-0.15, -0.1) is 0 Å². The standard InChI is InChI=1S/C22H28BNO2/c1-21(2)22(3,4)26-23(25-21)19(16-24-5)15-18-13-9-10-14-20(18)17-11-7-6-8-12-17/h6-15,24H,16H2,1-5H3. The summed E-state index contributed by atoms with van der Waals surface area (Å²) >= 11 is 0. The molecule has 136 valence electrons. The number of hydrogen-bond donors (Lipinski definition) is 1. The first-order valence-corrected chi connectivity index (χ1v) is 9.19. The Labute approximate surface area is 157 Å². The maximum Gasteiger partial charge on any atom is 0.491 e. The van der Waals surface area contributed by atoms with Crippen LogP contribution in [-0.2, 0) is 9.31 Å². The van der Waals surface area contributed by atoms with Gasteiger partial charge in [-0.2, -0.15) is 0 Å². The van der Waals surface area contributed by atoms with Crippen LogP contribution < -0.4 is 5.32 Å². The first-order valence-electron chi connectivity index (χ1n) is 9.19. The van der Waals surface area contributed by atoms with Crippen LogP contribution in [0.1, 0.15) is 33.3 Å². The molecular formula is C22H28BNO2. The van der Waals surface area contributed by atoms with Gasteiger partial charge in [0.1, 0.15) is 0 Å². The highest BCUT2D eigenvalue weighted by molar-refractivity contribution is 6.56. The van der Waals surface area contributed by atoms with Crippen LogP contribution in [0.3, 0.4) is 0 Å². The van der Waals surface area contributed by atoms with Crippen molar-refractivity contribution in [2.24, 2.45) is 0 Å². The maximum atomic E-state index is 6.27. The lowest BCUT2D eigenvalue weighted by Gasteiger charge is -2.32. The van der Waals surface area contributed by atoms with Crippen LogP contribution >= 0.6 is 0 Å². The Morgan fingerprint density at radius 2 is 1.50 bits per heavy atom. The third-order valence-electron chi connectivity index (χ3n) is 5.32. The molecule has 2 aromatic carbocycles. The van der Waals surface area contributed by atoms with Gasteiger partial charge in [-0.1, -0.05) is 60.7 Å². The lowest BCUT2D eigenvalue weighted by Crippen LogP contribution is -2.41. The predicted molar refractivity (Wildman–Crippen MR) is 110 cm³/mol. The van der Waals surface area contributed by atoms with Crippen molar-refractivity contribution in [3.05, 3.63) is 65.6 Å². The fourth-order valence-corrected chi connectivity index (χ4v) is 3.10. The van der Waals surface area contributed by atoms with Gasteiger partial charge < -0.3 is 14.6 Å². The average molecular weight is 349 g/mol. The average Bonchev–Trinajstić information content (AvgIpc) is 2.83. The quantitative estimate of drug-likeness (QED) is 0.801. The van der Waals surface area contributed by atoms with Crippen molar-refractivity contribution in [3.63, 3.8) is 0 Å².